The van der Waals surface area contributed by atoms with Gasteiger partial charge in [0.2, 0.25) is 10.0 Å². The van der Waals surface area contributed by atoms with E-state index >= 15 is 0 Å². The first-order valence-electron chi connectivity index (χ1n) is 8.48. The van der Waals surface area contributed by atoms with E-state index in [0.717, 1.165) is 10.3 Å². The number of para-hydroxylation sites is 1. The van der Waals surface area contributed by atoms with Crippen molar-refractivity contribution in [3.63, 3.8) is 0 Å². The SMILES string of the molecule is O=S1(=O)CCN(S(=O)(=O)c2cccc3cccnc23)CCC1c1cccs1. The van der Waals surface area contributed by atoms with Crippen molar-refractivity contribution in [1.82, 2.24) is 9.29 Å². The zero-order chi connectivity index (χ0) is 19.1. The van der Waals surface area contributed by atoms with Crippen molar-refractivity contribution in [2.75, 3.05) is 18.8 Å². The Balaban J connectivity index is 1.71. The highest BCUT2D eigenvalue weighted by molar-refractivity contribution is 7.92. The molecule has 1 fully saturated rings. The second-order valence-corrected chi connectivity index (χ2v) is 11.6. The summed E-state index contributed by atoms with van der Waals surface area (Å²) < 4.78 is 53.2. The fourth-order valence-electron chi connectivity index (χ4n) is 3.38. The van der Waals surface area contributed by atoms with Crippen LogP contribution >= 0.6 is 11.3 Å². The second-order valence-electron chi connectivity index (χ2n) is 6.40. The lowest BCUT2D eigenvalue weighted by Crippen LogP contribution is -2.33. The second kappa shape index (κ2) is 6.97. The van der Waals surface area contributed by atoms with Gasteiger partial charge in [0, 0.05) is 29.5 Å². The summed E-state index contributed by atoms with van der Waals surface area (Å²) in [5.74, 6) is -0.188. The van der Waals surface area contributed by atoms with Crippen LogP contribution in [0.5, 0.6) is 0 Å². The van der Waals surface area contributed by atoms with E-state index in [1.165, 1.54) is 21.7 Å². The van der Waals surface area contributed by atoms with Crippen LogP contribution in [-0.2, 0) is 19.9 Å². The fourth-order valence-corrected chi connectivity index (χ4v) is 8.12. The Morgan fingerprint density at radius 2 is 1.89 bits per heavy atom. The fraction of sp³-hybridized carbons (Fsp3) is 0.278. The molecule has 142 valence electrons. The van der Waals surface area contributed by atoms with Gasteiger partial charge in [0.15, 0.2) is 9.84 Å². The highest BCUT2D eigenvalue weighted by Gasteiger charge is 2.36. The van der Waals surface area contributed by atoms with Crippen LogP contribution < -0.4 is 0 Å². The minimum Gasteiger partial charge on any atom is -0.255 e. The number of fused-ring (bicyclic) bond motifs is 1. The van der Waals surface area contributed by atoms with Crippen molar-refractivity contribution in [3.8, 4) is 0 Å². The summed E-state index contributed by atoms with van der Waals surface area (Å²) in [6, 6.07) is 12.2. The van der Waals surface area contributed by atoms with Crippen molar-refractivity contribution in [1.29, 1.82) is 0 Å². The van der Waals surface area contributed by atoms with Crippen molar-refractivity contribution >= 4 is 42.1 Å². The molecule has 0 saturated carbocycles. The third-order valence-corrected chi connectivity index (χ3v) is 9.95. The van der Waals surface area contributed by atoms with Crippen molar-refractivity contribution in [3.05, 3.63) is 58.9 Å². The van der Waals surface area contributed by atoms with E-state index in [4.69, 9.17) is 0 Å². The first-order chi connectivity index (χ1) is 12.9. The van der Waals surface area contributed by atoms with E-state index < -0.39 is 25.1 Å². The third kappa shape index (κ3) is 3.40. The molecule has 1 aliphatic rings. The molecule has 1 unspecified atom stereocenters. The molecule has 0 amide bonds. The number of thiophene rings is 1. The lowest BCUT2D eigenvalue weighted by molar-refractivity contribution is 0.429. The topological polar surface area (TPSA) is 84.4 Å². The van der Waals surface area contributed by atoms with Gasteiger partial charge in [-0.05, 0) is 30.0 Å². The first-order valence-corrected chi connectivity index (χ1v) is 12.5. The predicted molar refractivity (Wildman–Crippen MR) is 106 cm³/mol. The lowest BCUT2D eigenvalue weighted by Gasteiger charge is -2.20. The van der Waals surface area contributed by atoms with Crippen LogP contribution in [0.4, 0.5) is 0 Å². The van der Waals surface area contributed by atoms with E-state index in [9.17, 15) is 16.8 Å². The lowest BCUT2D eigenvalue weighted by atomic mass is 10.2. The molecule has 0 spiro atoms. The number of rotatable bonds is 3. The standard InChI is InChI=1S/C18H18N2O4S3/c21-26(22)13-11-20(10-8-16(26)15-6-3-12-25-15)27(23,24)17-7-1-4-14-5-2-9-19-18(14)17/h1-7,9,12,16H,8,10-11,13H2. The van der Waals surface area contributed by atoms with Crippen LogP contribution in [0.2, 0.25) is 0 Å². The summed E-state index contributed by atoms with van der Waals surface area (Å²) in [5.41, 5.74) is 0.405. The van der Waals surface area contributed by atoms with Gasteiger partial charge in [-0.1, -0.05) is 24.3 Å². The Labute approximate surface area is 162 Å². The van der Waals surface area contributed by atoms with E-state index in [2.05, 4.69) is 4.98 Å². The maximum absolute atomic E-state index is 13.3. The summed E-state index contributed by atoms with van der Waals surface area (Å²) in [6.45, 7) is 0.114. The quantitative estimate of drug-likeness (QED) is 0.648. The zero-order valence-corrected chi connectivity index (χ0v) is 16.8. The van der Waals surface area contributed by atoms with Crippen molar-refractivity contribution < 1.29 is 16.8 Å². The molecule has 1 atom stereocenters. The van der Waals surface area contributed by atoms with Gasteiger partial charge >= 0.3 is 0 Å². The van der Waals surface area contributed by atoms with Gasteiger partial charge in [-0.2, -0.15) is 4.31 Å². The van der Waals surface area contributed by atoms with E-state index in [-0.39, 0.29) is 30.2 Å². The molecule has 3 heterocycles. The molecule has 3 aromatic rings. The van der Waals surface area contributed by atoms with Crippen LogP contribution in [0.15, 0.2) is 58.9 Å². The van der Waals surface area contributed by atoms with Gasteiger partial charge in [0.05, 0.1) is 16.5 Å². The molecule has 1 aliphatic heterocycles. The zero-order valence-electron chi connectivity index (χ0n) is 14.4. The smallest absolute Gasteiger partial charge is 0.245 e. The number of pyridine rings is 1. The number of benzene rings is 1. The molecule has 9 heteroatoms. The van der Waals surface area contributed by atoms with Crippen molar-refractivity contribution in [2.24, 2.45) is 0 Å². The van der Waals surface area contributed by atoms with Crippen LogP contribution in [0.25, 0.3) is 10.9 Å². The predicted octanol–water partition coefficient (Wildman–Crippen LogP) is 2.85. The van der Waals surface area contributed by atoms with Gasteiger partial charge in [-0.3, -0.25) is 4.98 Å². The molecule has 1 saturated heterocycles. The molecule has 2 aromatic heterocycles. The summed E-state index contributed by atoms with van der Waals surface area (Å²) in [5, 5.41) is 1.92. The Hall–Kier alpha value is -1.81. The number of hydrogen-bond acceptors (Lipinski definition) is 6. The molecular weight excluding hydrogens is 404 g/mol. The molecule has 1 aromatic carbocycles. The van der Waals surface area contributed by atoms with Gasteiger partial charge in [0.1, 0.15) is 4.90 Å². The van der Waals surface area contributed by atoms with E-state index in [1.54, 1.807) is 36.5 Å². The Morgan fingerprint density at radius 1 is 1.07 bits per heavy atom. The monoisotopic (exact) mass is 422 g/mol. The molecule has 6 nitrogen and oxygen atoms in total. The van der Waals surface area contributed by atoms with Crippen LogP contribution in [0.1, 0.15) is 16.5 Å². The third-order valence-electron chi connectivity index (χ3n) is 4.77. The van der Waals surface area contributed by atoms with E-state index in [0.29, 0.717) is 5.52 Å². The molecule has 4 rings (SSSR count). The summed E-state index contributed by atoms with van der Waals surface area (Å²) in [4.78, 5) is 5.11. The minimum absolute atomic E-state index is 0.0459. The number of sulfonamides is 1. The van der Waals surface area contributed by atoms with Crippen LogP contribution in [-0.4, -0.2) is 45.0 Å². The molecule has 27 heavy (non-hydrogen) atoms. The Kier molecular flexibility index (Phi) is 4.79. The van der Waals surface area contributed by atoms with Gasteiger partial charge < -0.3 is 0 Å². The number of sulfone groups is 1. The number of aromatic nitrogens is 1. The van der Waals surface area contributed by atoms with Crippen molar-refractivity contribution in [2.45, 2.75) is 16.6 Å². The molecule has 0 N–H and O–H groups in total. The highest BCUT2D eigenvalue weighted by atomic mass is 32.2. The van der Waals surface area contributed by atoms with Crippen LogP contribution in [0, 0.1) is 0 Å². The number of hydrogen-bond donors (Lipinski definition) is 0. The van der Waals surface area contributed by atoms with Gasteiger partial charge in [-0.25, -0.2) is 16.8 Å². The Morgan fingerprint density at radius 3 is 2.67 bits per heavy atom. The highest BCUT2D eigenvalue weighted by Crippen LogP contribution is 2.34. The molecule has 0 radical (unpaired) electrons. The Bertz CT molecular complexity index is 1170. The summed E-state index contributed by atoms with van der Waals surface area (Å²) >= 11 is 1.39. The van der Waals surface area contributed by atoms with Gasteiger partial charge in [-0.15, -0.1) is 11.3 Å². The van der Waals surface area contributed by atoms with E-state index in [1.807, 2.05) is 11.4 Å². The maximum Gasteiger partial charge on any atom is 0.245 e. The number of nitrogens with zero attached hydrogens (tertiary/aromatic N) is 2. The average Bonchev–Trinajstić information content (AvgIpc) is 3.12. The summed E-state index contributed by atoms with van der Waals surface area (Å²) in [7, 11) is -7.26. The average molecular weight is 423 g/mol. The first kappa shape index (κ1) is 18.5. The normalized spacial score (nSPS) is 21.1. The molecule has 0 aliphatic carbocycles. The molecular formula is C18H18N2O4S3. The minimum atomic E-state index is -3.84. The summed E-state index contributed by atoms with van der Waals surface area (Å²) in [6.07, 6.45) is 1.81. The maximum atomic E-state index is 13.3. The van der Waals surface area contributed by atoms with Crippen LogP contribution in [0.3, 0.4) is 0 Å². The molecule has 0 bridgehead atoms. The van der Waals surface area contributed by atoms with Gasteiger partial charge in [0.25, 0.3) is 0 Å². The largest absolute Gasteiger partial charge is 0.255 e.